The lowest BCUT2D eigenvalue weighted by Crippen LogP contribution is -2.64. The lowest BCUT2D eigenvalue weighted by Gasteiger charge is -2.37. The zero-order chi connectivity index (χ0) is 14.5. The van der Waals surface area contributed by atoms with E-state index in [0.717, 1.165) is 0 Å². The highest BCUT2D eigenvalue weighted by Crippen LogP contribution is 2.60. The molecule has 0 rings (SSSR count). The predicted octanol–water partition coefficient (Wildman–Crippen LogP) is 5.02. The average Bonchev–Trinajstić information content (AvgIpc) is 1.98. The van der Waals surface area contributed by atoms with Crippen molar-refractivity contribution in [3.8, 4) is 0 Å². The monoisotopic (exact) mass is 428 g/mol. The molecule has 0 spiro atoms. The maximum absolute atomic E-state index is 12.7. The van der Waals surface area contributed by atoms with Crippen LogP contribution in [0.4, 0.5) is 39.5 Å². The number of halogens is 12. The van der Waals surface area contributed by atoms with Crippen LogP contribution in [0.25, 0.3) is 0 Å². The van der Waals surface area contributed by atoms with Gasteiger partial charge < -0.3 is 0 Å². The molecule has 1 atom stereocenters. The zero-order valence-electron chi connectivity index (χ0n) is 7.04. The molecule has 0 fully saturated rings. The van der Waals surface area contributed by atoms with Gasteiger partial charge in [-0.25, -0.2) is 4.39 Å². The van der Waals surface area contributed by atoms with Crippen LogP contribution in [0.5, 0.6) is 0 Å². The molecule has 0 saturated carbocycles. The van der Waals surface area contributed by atoms with E-state index in [2.05, 4.69) is 23.2 Å². The van der Waals surface area contributed by atoms with Crippen LogP contribution in [0.1, 0.15) is 0 Å². The second kappa shape index (κ2) is 4.36. The summed E-state index contributed by atoms with van der Waals surface area (Å²) >= 11 is 7.18. The van der Waals surface area contributed by atoms with Crippen molar-refractivity contribution in [3.63, 3.8) is 0 Å². The van der Waals surface area contributed by atoms with E-state index in [-0.39, 0.29) is 0 Å². The van der Waals surface area contributed by atoms with Gasteiger partial charge in [-0.1, -0.05) is 11.6 Å². The van der Waals surface area contributed by atoms with E-state index >= 15 is 0 Å². The molecule has 0 aliphatic heterocycles. The number of hydrogen-bond acceptors (Lipinski definition) is 0. The standard InChI is InChI=1S/C5Cl2F9I/c6-1(8,4(7,13)14)2(9,10)3(11,12)5(15,16)17. The van der Waals surface area contributed by atoms with Gasteiger partial charge in [0.15, 0.2) is 0 Å². The number of rotatable bonds is 4. The smallest absolute Gasteiger partial charge is 0.211 e. The van der Waals surface area contributed by atoms with E-state index in [4.69, 9.17) is 0 Å². The van der Waals surface area contributed by atoms with Crippen molar-refractivity contribution in [1.82, 2.24) is 0 Å². The second-order valence-corrected chi connectivity index (χ2v) is 5.07. The molecular weight excluding hydrogens is 429 g/mol. The van der Waals surface area contributed by atoms with Crippen LogP contribution in [-0.4, -0.2) is 26.3 Å². The van der Waals surface area contributed by atoms with Gasteiger partial charge in [0, 0.05) is 22.6 Å². The largest absolute Gasteiger partial charge is 0.386 e. The van der Waals surface area contributed by atoms with Crippen molar-refractivity contribution >= 4 is 45.8 Å². The molecule has 1 unspecified atom stereocenters. The summed E-state index contributed by atoms with van der Waals surface area (Å²) in [6.07, 6.45) is 0. The molecular formula is C5Cl2F9I. The first kappa shape index (κ1) is 17.7. The van der Waals surface area contributed by atoms with E-state index in [1.807, 2.05) is 0 Å². The topological polar surface area (TPSA) is 0 Å². The summed E-state index contributed by atoms with van der Waals surface area (Å²) in [4.78, 5) is 0. The van der Waals surface area contributed by atoms with Crippen LogP contribution in [0, 0.1) is 0 Å². The SMILES string of the molecule is FC(F)(Cl)C(F)(Cl)C(F)(F)C(F)(F)C(F)(F)I. The summed E-state index contributed by atoms with van der Waals surface area (Å²) in [6.45, 7) is 0. The molecule has 0 heterocycles. The van der Waals surface area contributed by atoms with E-state index in [1.165, 1.54) is 0 Å². The Labute approximate surface area is 112 Å². The Bertz CT molecular complexity index is 263. The first-order valence-electron chi connectivity index (χ1n) is 3.27. The van der Waals surface area contributed by atoms with E-state index in [0.29, 0.717) is 0 Å². The highest BCUT2D eigenvalue weighted by atomic mass is 127. The number of alkyl halides is 12. The van der Waals surface area contributed by atoms with Crippen molar-refractivity contribution in [2.24, 2.45) is 0 Å². The summed E-state index contributed by atoms with van der Waals surface area (Å²) in [5.41, 5.74) is 0. The van der Waals surface area contributed by atoms with Gasteiger partial charge in [-0.3, -0.25) is 0 Å². The maximum atomic E-state index is 12.7. The van der Waals surface area contributed by atoms with Gasteiger partial charge in [0.05, 0.1) is 0 Å². The van der Waals surface area contributed by atoms with E-state index in [9.17, 15) is 39.5 Å². The van der Waals surface area contributed by atoms with Gasteiger partial charge in [0.2, 0.25) is 0 Å². The second-order valence-electron chi connectivity index (χ2n) is 2.72. The molecule has 0 aromatic rings. The molecule has 0 aliphatic rings. The van der Waals surface area contributed by atoms with Gasteiger partial charge in [-0.15, -0.1) is 0 Å². The highest BCUT2D eigenvalue weighted by molar-refractivity contribution is 14.1. The van der Waals surface area contributed by atoms with E-state index < -0.39 is 48.9 Å². The Morgan fingerprint density at radius 2 is 0.941 bits per heavy atom. The van der Waals surface area contributed by atoms with Crippen molar-refractivity contribution in [3.05, 3.63) is 0 Å². The first-order chi connectivity index (χ1) is 7.00. The lowest BCUT2D eigenvalue weighted by molar-refractivity contribution is -0.317. The molecule has 0 nitrogen and oxygen atoms in total. The Morgan fingerprint density at radius 1 is 0.647 bits per heavy atom. The molecule has 0 radical (unpaired) electrons. The van der Waals surface area contributed by atoms with Gasteiger partial charge >= 0.3 is 26.3 Å². The third-order valence-corrected chi connectivity index (χ3v) is 3.01. The summed E-state index contributed by atoms with van der Waals surface area (Å²) in [5.74, 6) is -13.1. The summed E-state index contributed by atoms with van der Waals surface area (Å²) in [6, 6.07) is 0. The fourth-order valence-electron chi connectivity index (χ4n) is 0.553. The molecule has 104 valence electrons. The van der Waals surface area contributed by atoms with Crippen molar-refractivity contribution < 1.29 is 39.5 Å². The Hall–Kier alpha value is 0.680. The number of hydrogen-bond donors (Lipinski definition) is 0. The Balaban J connectivity index is 5.73. The zero-order valence-corrected chi connectivity index (χ0v) is 10.7. The minimum absolute atomic E-state index is 0.464. The van der Waals surface area contributed by atoms with Gasteiger partial charge in [0.25, 0.3) is 0 Å². The van der Waals surface area contributed by atoms with Crippen LogP contribution in [0.2, 0.25) is 0 Å². The third-order valence-electron chi connectivity index (χ3n) is 1.50. The molecule has 0 aromatic heterocycles. The van der Waals surface area contributed by atoms with Crippen molar-refractivity contribution in [2.75, 3.05) is 0 Å². The lowest BCUT2D eigenvalue weighted by atomic mass is 10.1. The van der Waals surface area contributed by atoms with Crippen LogP contribution in [-0.2, 0) is 0 Å². The fraction of sp³-hybridized carbons (Fsp3) is 1.00. The Morgan fingerprint density at radius 3 is 1.12 bits per heavy atom. The van der Waals surface area contributed by atoms with Gasteiger partial charge in [-0.2, -0.15) is 35.1 Å². The van der Waals surface area contributed by atoms with Crippen LogP contribution < -0.4 is 0 Å². The molecule has 0 bridgehead atoms. The Kier molecular flexibility index (Phi) is 4.53. The molecule has 0 aliphatic carbocycles. The van der Waals surface area contributed by atoms with Gasteiger partial charge in [0.1, 0.15) is 0 Å². The fourth-order valence-corrected chi connectivity index (χ4v) is 1.13. The van der Waals surface area contributed by atoms with Crippen molar-refractivity contribution in [1.29, 1.82) is 0 Å². The summed E-state index contributed by atoms with van der Waals surface area (Å²) in [7, 11) is 0. The van der Waals surface area contributed by atoms with E-state index in [1.54, 1.807) is 0 Å². The molecule has 17 heavy (non-hydrogen) atoms. The van der Waals surface area contributed by atoms with Crippen LogP contribution in [0.15, 0.2) is 0 Å². The molecule has 0 saturated heterocycles. The third kappa shape index (κ3) is 2.67. The average molecular weight is 429 g/mol. The quantitative estimate of drug-likeness (QED) is 0.335. The minimum atomic E-state index is -6.61. The van der Waals surface area contributed by atoms with Gasteiger partial charge in [-0.05, 0) is 11.6 Å². The normalized spacial score (nSPS) is 19.1. The molecule has 12 heteroatoms. The predicted molar refractivity (Wildman–Crippen MR) is 49.4 cm³/mol. The van der Waals surface area contributed by atoms with Crippen molar-refractivity contribution in [2.45, 2.75) is 26.3 Å². The molecule has 0 amide bonds. The first-order valence-corrected chi connectivity index (χ1v) is 5.10. The maximum Gasteiger partial charge on any atom is 0.386 e. The highest BCUT2D eigenvalue weighted by Gasteiger charge is 2.84. The molecule has 0 aromatic carbocycles. The van der Waals surface area contributed by atoms with Crippen LogP contribution in [0.3, 0.4) is 0 Å². The summed E-state index contributed by atoms with van der Waals surface area (Å²) in [5, 5.41) is -11.6. The summed E-state index contributed by atoms with van der Waals surface area (Å²) < 4.78 is 106. The minimum Gasteiger partial charge on any atom is -0.211 e. The van der Waals surface area contributed by atoms with Crippen LogP contribution >= 0.6 is 45.8 Å². The molecule has 0 N–H and O–H groups in total.